The number of nitro groups is 1. The Morgan fingerprint density at radius 3 is 2.20 bits per heavy atom. The van der Waals surface area contributed by atoms with E-state index < -0.39 is 0 Å². The number of hydrogen-bond acceptors (Lipinski definition) is 3. The van der Waals surface area contributed by atoms with E-state index in [0.717, 1.165) is 18.7 Å². The summed E-state index contributed by atoms with van der Waals surface area (Å²) in [6.45, 7) is 4.04. The molecule has 1 rings (SSSR count). The van der Waals surface area contributed by atoms with Gasteiger partial charge in [0.05, 0.1) is 4.92 Å². The quantitative estimate of drug-likeness (QED) is 0.370. The first-order valence-corrected chi connectivity index (χ1v) is 7.68. The molecule has 1 aromatic rings. The van der Waals surface area contributed by atoms with E-state index >= 15 is 0 Å². The molecule has 1 aromatic carbocycles. The van der Waals surface area contributed by atoms with Crippen molar-refractivity contribution in [3.8, 4) is 0 Å². The second-order valence-electron chi connectivity index (χ2n) is 5.22. The van der Waals surface area contributed by atoms with Crippen LogP contribution in [0, 0.1) is 10.1 Å². The minimum atomic E-state index is -0.365. The van der Waals surface area contributed by atoms with E-state index in [1.54, 1.807) is 12.1 Å². The Morgan fingerprint density at radius 2 is 1.60 bits per heavy atom. The van der Waals surface area contributed by atoms with Crippen LogP contribution >= 0.6 is 0 Å². The van der Waals surface area contributed by atoms with Crippen LogP contribution in [0.2, 0.25) is 0 Å². The van der Waals surface area contributed by atoms with Gasteiger partial charge >= 0.3 is 0 Å². The fraction of sp³-hybridized carbons (Fsp3) is 0.625. The number of nitro benzene ring substituents is 1. The van der Waals surface area contributed by atoms with Crippen LogP contribution in [0.25, 0.3) is 0 Å². The molecule has 4 nitrogen and oxygen atoms in total. The van der Waals surface area contributed by atoms with Crippen LogP contribution in [-0.4, -0.2) is 11.5 Å². The zero-order valence-corrected chi connectivity index (χ0v) is 12.4. The zero-order chi connectivity index (χ0) is 14.6. The first kappa shape index (κ1) is 16.6. The van der Waals surface area contributed by atoms with Gasteiger partial charge in [-0.2, -0.15) is 0 Å². The highest BCUT2D eigenvalue weighted by Gasteiger charge is 2.03. The fourth-order valence-corrected chi connectivity index (χ4v) is 2.18. The number of non-ortho nitro benzene ring substituents is 1. The van der Waals surface area contributed by atoms with Gasteiger partial charge in [-0.05, 0) is 18.5 Å². The summed E-state index contributed by atoms with van der Waals surface area (Å²) in [5, 5.41) is 13.9. The molecule has 4 heteroatoms. The minimum absolute atomic E-state index is 0.154. The van der Waals surface area contributed by atoms with Gasteiger partial charge in [0.25, 0.3) is 5.69 Å². The van der Waals surface area contributed by atoms with Gasteiger partial charge in [0.2, 0.25) is 0 Å². The number of rotatable bonds is 11. The van der Waals surface area contributed by atoms with E-state index in [1.807, 2.05) is 12.1 Å². The van der Waals surface area contributed by atoms with E-state index in [-0.39, 0.29) is 10.6 Å². The summed E-state index contributed by atoms with van der Waals surface area (Å²) in [4.78, 5) is 10.2. The minimum Gasteiger partial charge on any atom is -0.313 e. The van der Waals surface area contributed by atoms with E-state index in [0.29, 0.717) is 0 Å². The molecule has 0 aliphatic carbocycles. The Labute approximate surface area is 121 Å². The van der Waals surface area contributed by atoms with Gasteiger partial charge in [-0.3, -0.25) is 10.1 Å². The summed E-state index contributed by atoms with van der Waals surface area (Å²) >= 11 is 0. The van der Waals surface area contributed by atoms with Crippen molar-refractivity contribution in [1.82, 2.24) is 5.32 Å². The van der Waals surface area contributed by atoms with E-state index in [2.05, 4.69) is 12.2 Å². The van der Waals surface area contributed by atoms with Crippen LogP contribution in [0.4, 0.5) is 5.69 Å². The molecular weight excluding hydrogens is 252 g/mol. The van der Waals surface area contributed by atoms with Crippen molar-refractivity contribution in [1.29, 1.82) is 0 Å². The van der Waals surface area contributed by atoms with Gasteiger partial charge in [-0.25, -0.2) is 0 Å². The summed E-state index contributed by atoms with van der Waals surface area (Å²) in [5.74, 6) is 0. The topological polar surface area (TPSA) is 55.2 Å². The lowest BCUT2D eigenvalue weighted by atomic mass is 10.1. The van der Waals surface area contributed by atoms with E-state index in [4.69, 9.17) is 0 Å². The Morgan fingerprint density at radius 1 is 1.00 bits per heavy atom. The Hall–Kier alpha value is -1.42. The Bertz CT molecular complexity index is 377. The summed E-state index contributed by atoms with van der Waals surface area (Å²) in [6.07, 6.45) is 9.22. The standard InChI is InChI=1S/C16H26N2O2/c1-2-3-4-5-6-7-8-13-17-14-15-9-11-16(12-10-15)18(19)20/h9-12,17H,2-8,13-14H2,1H3. The zero-order valence-electron chi connectivity index (χ0n) is 12.4. The Balaban J connectivity index is 2.02. The molecule has 0 bridgehead atoms. The van der Waals surface area contributed by atoms with Crippen LogP contribution in [0.15, 0.2) is 24.3 Å². The van der Waals surface area contributed by atoms with Crippen molar-refractivity contribution >= 4 is 5.69 Å². The van der Waals surface area contributed by atoms with Crippen molar-refractivity contribution in [2.24, 2.45) is 0 Å². The third-order valence-corrected chi connectivity index (χ3v) is 3.43. The molecule has 0 radical (unpaired) electrons. The van der Waals surface area contributed by atoms with Crippen molar-refractivity contribution in [3.63, 3.8) is 0 Å². The highest BCUT2D eigenvalue weighted by atomic mass is 16.6. The molecule has 0 saturated heterocycles. The lowest BCUT2D eigenvalue weighted by Gasteiger charge is -2.05. The molecule has 0 amide bonds. The van der Waals surface area contributed by atoms with Gasteiger partial charge < -0.3 is 5.32 Å². The summed E-state index contributed by atoms with van der Waals surface area (Å²) < 4.78 is 0. The highest BCUT2D eigenvalue weighted by molar-refractivity contribution is 5.32. The molecule has 1 N–H and O–H groups in total. The van der Waals surface area contributed by atoms with Gasteiger partial charge in [0.15, 0.2) is 0 Å². The van der Waals surface area contributed by atoms with Crippen molar-refractivity contribution in [2.45, 2.75) is 58.4 Å². The molecule has 0 aromatic heterocycles. The maximum Gasteiger partial charge on any atom is 0.269 e. The number of hydrogen-bond donors (Lipinski definition) is 1. The maximum absolute atomic E-state index is 10.5. The number of benzene rings is 1. The molecule has 0 aliphatic rings. The second-order valence-corrected chi connectivity index (χ2v) is 5.22. The van der Waals surface area contributed by atoms with Crippen LogP contribution in [0.1, 0.15) is 57.4 Å². The molecule has 0 heterocycles. The predicted octanol–water partition coefficient (Wildman–Crippen LogP) is 4.44. The molecular formula is C16H26N2O2. The largest absolute Gasteiger partial charge is 0.313 e. The normalized spacial score (nSPS) is 10.7. The number of nitrogens with one attached hydrogen (secondary N) is 1. The number of unbranched alkanes of at least 4 members (excludes halogenated alkanes) is 6. The fourth-order valence-electron chi connectivity index (χ4n) is 2.18. The van der Waals surface area contributed by atoms with Crippen LogP contribution in [0.3, 0.4) is 0 Å². The molecule has 0 atom stereocenters. The Kier molecular flexibility index (Phi) is 8.63. The van der Waals surface area contributed by atoms with Gasteiger partial charge in [-0.1, -0.05) is 57.6 Å². The lowest BCUT2D eigenvalue weighted by Crippen LogP contribution is -2.14. The van der Waals surface area contributed by atoms with Crippen LogP contribution < -0.4 is 5.32 Å². The third kappa shape index (κ3) is 7.24. The molecule has 0 saturated carbocycles. The van der Waals surface area contributed by atoms with Crippen LogP contribution in [-0.2, 0) is 6.54 Å². The second kappa shape index (κ2) is 10.4. The highest BCUT2D eigenvalue weighted by Crippen LogP contribution is 2.11. The summed E-state index contributed by atoms with van der Waals surface area (Å²) in [6, 6.07) is 6.75. The lowest BCUT2D eigenvalue weighted by molar-refractivity contribution is -0.384. The van der Waals surface area contributed by atoms with E-state index in [9.17, 15) is 10.1 Å². The average molecular weight is 278 g/mol. The molecule has 0 spiro atoms. The molecule has 112 valence electrons. The smallest absolute Gasteiger partial charge is 0.269 e. The first-order chi connectivity index (χ1) is 9.74. The van der Waals surface area contributed by atoms with Gasteiger partial charge in [0, 0.05) is 18.7 Å². The van der Waals surface area contributed by atoms with Crippen molar-refractivity contribution in [3.05, 3.63) is 39.9 Å². The van der Waals surface area contributed by atoms with E-state index in [1.165, 1.54) is 44.9 Å². The molecule has 0 aliphatic heterocycles. The maximum atomic E-state index is 10.5. The predicted molar refractivity (Wildman–Crippen MR) is 82.8 cm³/mol. The third-order valence-electron chi connectivity index (χ3n) is 3.43. The van der Waals surface area contributed by atoms with Crippen molar-refractivity contribution < 1.29 is 4.92 Å². The monoisotopic (exact) mass is 278 g/mol. The SMILES string of the molecule is CCCCCCCCCNCc1ccc([N+](=O)[O-])cc1. The first-order valence-electron chi connectivity index (χ1n) is 7.68. The molecule has 0 fully saturated rings. The molecule has 0 unspecified atom stereocenters. The van der Waals surface area contributed by atoms with Crippen LogP contribution in [0.5, 0.6) is 0 Å². The molecule has 20 heavy (non-hydrogen) atoms. The van der Waals surface area contributed by atoms with Gasteiger partial charge in [-0.15, -0.1) is 0 Å². The van der Waals surface area contributed by atoms with Crippen molar-refractivity contribution in [2.75, 3.05) is 6.54 Å². The number of nitrogens with zero attached hydrogens (tertiary/aromatic N) is 1. The average Bonchev–Trinajstić information content (AvgIpc) is 2.46. The summed E-state index contributed by atoms with van der Waals surface area (Å²) in [7, 11) is 0. The summed E-state index contributed by atoms with van der Waals surface area (Å²) in [5.41, 5.74) is 1.25. The van der Waals surface area contributed by atoms with Gasteiger partial charge in [0.1, 0.15) is 0 Å².